The van der Waals surface area contributed by atoms with Crippen LogP contribution in [-0.4, -0.2) is 21.6 Å². The van der Waals surface area contributed by atoms with E-state index in [4.69, 9.17) is 4.74 Å². The normalized spacial score (nSPS) is 16.9. The zero-order valence-corrected chi connectivity index (χ0v) is 14.5. The molecule has 5 nitrogen and oxygen atoms in total. The Balaban J connectivity index is 1.87. The van der Waals surface area contributed by atoms with Crippen molar-refractivity contribution in [1.29, 1.82) is 0 Å². The van der Waals surface area contributed by atoms with Gasteiger partial charge in [-0.25, -0.2) is 13.6 Å². The number of aromatic nitrogens is 2. The second kappa shape index (κ2) is 6.82. The summed E-state index contributed by atoms with van der Waals surface area (Å²) in [6.07, 6.45) is 0.877. The van der Waals surface area contributed by atoms with Gasteiger partial charge in [-0.15, -0.1) is 0 Å². The molecule has 1 aliphatic rings. The molecule has 25 heavy (non-hydrogen) atoms. The maximum absolute atomic E-state index is 13.3. The highest BCUT2D eigenvalue weighted by Gasteiger charge is 2.27. The average Bonchev–Trinajstić information content (AvgIpc) is 2.55. The maximum atomic E-state index is 13.3. The number of rotatable bonds is 4. The van der Waals surface area contributed by atoms with Gasteiger partial charge in [0.2, 0.25) is 5.88 Å². The number of benzene rings is 1. The zero-order valence-electron chi connectivity index (χ0n) is 14.5. The first-order chi connectivity index (χ1) is 11.9. The van der Waals surface area contributed by atoms with E-state index in [1.807, 2.05) is 0 Å². The van der Waals surface area contributed by atoms with Crippen LogP contribution in [0.1, 0.15) is 32.8 Å². The molecular weight excluding hydrogens is 328 g/mol. The Kier molecular flexibility index (Phi) is 4.74. The van der Waals surface area contributed by atoms with Gasteiger partial charge in [0.25, 0.3) is 0 Å². The monoisotopic (exact) mass is 349 g/mol. The third-order valence-corrected chi connectivity index (χ3v) is 4.40. The van der Waals surface area contributed by atoms with Gasteiger partial charge < -0.3 is 9.64 Å². The summed E-state index contributed by atoms with van der Waals surface area (Å²) in [4.78, 5) is 18.4. The molecule has 0 amide bonds. The molecule has 2 aromatic rings. The van der Waals surface area contributed by atoms with Gasteiger partial charge in [-0.05, 0) is 44.9 Å². The van der Waals surface area contributed by atoms with Gasteiger partial charge in [0.15, 0.2) is 11.6 Å². The summed E-state index contributed by atoms with van der Waals surface area (Å²) >= 11 is 0. The number of anilines is 1. The molecule has 0 radical (unpaired) electrons. The minimum absolute atomic E-state index is 0.00429. The van der Waals surface area contributed by atoms with E-state index in [1.54, 1.807) is 10.6 Å². The SMILES string of the molecule is CC(C)N1c2cc(OCc3ccc(F)c(F)c3)nc(=O)n2CCC1C. The Bertz CT molecular complexity index is 836. The molecule has 0 saturated carbocycles. The summed E-state index contributed by atoms with van der Waals surface area (Å²) < 4.78 is 33.5. The number of hydrogen-bond donors (Lipinski definition) is 0. The van der Waals surface area contributed by atoms with Crippen LogP contribution in [0.15, 0.2) is 29.1 Å². The largest absolute Gasteiger partial charge is 0.473 e. The fraction of sp³-hybridized carbons (Fsp3) is 0.444. The first-order valence-corrected chi connectivity index (χ1v) is 8.33. The Morgan fingerprint density at radius 2 is 2.04 bits per heavy atom. The molecule has 3 rings (SSSR count). The van der Waals surface area contributed by atoms with Crippen molar-refractivity contribution in [2.75, 3.05) is 4.90 Å². The molecule has 1 aromatic carbocycles. The van der Waals surface area contributed by atoms with E-state index in [-0.39, 0.29) is 24.2 Å². The summed E-state index contributed by atoms with van der Waals surface area (Å²) in [5, 5.41) is 0. The third-order valence-electron chi connectivity index (χ3n) is 4.40. The summed E-state index contributed by atoms with van der Waals surface area (Å²) in [5.74, 6) is -0.885. The van der Waals surface area contributed by atoms with Crippen LogP contribution in [0, 0.1) is 11.6 Å². The summed E-state index contributed by atoms with van der Waals surface area (Å²) in [7, 11) is 0. The molecule has 1 atom stereocenters. The Labute approximate surface area is 144 Å². The van der Waals surface area contributed by atoms with Gasteiger partial charge in [-0.2, -0.15) is 4.98 Å². The molecule has 1 aliphatic heterocycles. The highest BCUT2D eigenvalue weighted by molar-refractivity contribution is 5.45. The van der Waals surface area contributed by atoms with Crippen molar-refractivity contribution in [2.45, 2.75) is 52.4 Å². The number of halogens is 2. The van der Waals surface area contributed by atoms with Crippen LogP contribution in [-0.2, 0) is 13.2 Å². The number of hydrogen-bond acceptors (Lipinski definition) is 4. The molecule has 134 valence electrons. The average molecular weight is 349 g/mol. The third kappa shape index (κ3) is 3.50. The molecule has 1 unspecified atom stereocenters. The molecule has 0 N–H and O–H groups in total. The first kappa shape index (κ1) is 17.4. The van der Waals surface area contributed by atoms with Crippen LogP contribution < -0.4 is 15.3 Å². The number of fused-ring (bicyclic) bond motifs is 1. The topological polar surface area (TPSA) is 47.4 Å². The smallest absolute Gasteiger partial charge is 0.352 e. The second-order valence-electron chi connectivity index (χ2n) is 6.56. The highest BCUT2D eigenvalue weighted by atomic mass is 19.2. The van der Waals surface area contributed by atoms with Crippen LogP contribution in [0.5, 0.6) is 5.88 Å². The molecule has 1 aromatic heterocycles. The van der Waals surface area contributed by atoms with Crippen LogP contribution in [0.4, 0.5) is 14.6 Å². The fourth-order valence-corrected chi connectivity index (χ4v) is 3.21. The van der Waals surface area contributed by atoms with Crippen molar-refractivity contribution in [3.63, 3.8) is 0 Å². The van der Waals surface area contributed by atoms with Gasteiger partial charge in [0, 0.05) is 24.7 Å². The Morgan fingerprint density at radius 3 is 2.72 bits per heavy atom. The minimum Gasteiger partial charge on any atom is -0.473 e. The minimum atomic E-state index is -0.931. The predicted octanol–water partition coefficient (Wildman–Crippen LogP) is 3.11. The lowest BCUT2D eigenvalue weighted by molar-refractivity contribution is 0.288. The van der Waals surface area contributed by atoms with E-state index in [0.717, 1.165) is 24.4 Å². The van der Waals surface area contributed by atoms with Gasteiger partial charge in [0.1, 0.15) is 12.4 Å². The van der Waals surface area contributed by atoms with Gasteiger partial charge in [-0.1, -0.05) is 6.07 Å². The second-order valence-corrected chi connectivity index (χ2v) is 6.56. The summed E-state index contributed by atoms with van der Waals surface area (Å²) in [5.41, 5.74) is 0.0999. The van der Waals surface area contributed by atoms with Crippen molar-refractivity contribution >= 4 is 5.82 Å². The standard InChI is InChI=1S/C18H21F2N3O2/c1-11(2)23-12(3)6-7-22-17(23)9-16(21-18(22)24)25-10-13-4-5-14(19)15(20)8-13/h4-5,8-9,11-12H,6-7,10H2,1-3H3. The molecule has 0 fully saturated rings. The zero-order chi connectivity index (χ0) is 18.1. The summed E-state index contributed by atoms with van der Waals surface area (Å²) in [6.45, 7) is 6.88. The van der Waals surface area contributed by atoms with E-state index in [1.165, 1.54) is 6.07 Å². The highest BCUT2D eigenvalue weighted by Crippen LogP contribution is 2.28. The van der Waals surface area contributed by atoms with Gasteiger partial charge in [0.05, 0.1) is 0 Å². The fourth-order valence-electron chi connectivity index (χ4n) is 3.21. The van der Waals surface area contributed by atoms with Crippen molar-refractivity contribution in [1.82, 2.24) is 9.55 Å². The lowest BCUT2D eigenvalue weighted by atomic mass is 10.1. The van der Waals surface area contributed by atoms with E-state index >= 15 is 0 Å². The van der Waals surface area contributed by atoms with Gasteiger partial charge >= 0.3 is 5.69 Å². The van der Waals surface area contributed by atoms with E-state index in [0.29, 0.717) is 18.2 Å². The van der Waals surface area contributed by atoms with Crippen LogP contribution >= 0.6 is 0 Å². The van der Waals surface area contributed by atoms with Crippen molar-refractivity contribution in [3.8, 4) is 5.88 Å². The number of ether oxygens (including phenoxy) is 1. The molecule has 0 aliphatic carbocycles. The maximum Gasteiger partial charge on any atom is 0.352 e. The summed E-state index contributed by atoms with van der Waals surface area (Å²) in [6, 6.07) is 5.82. The molecule has 0 bridgehead atoms. The van der Waals surface area contributed by atoms with Crippen molar-refractivity contribution in [2.24, 2.45) is 0 Å². The molecule has 2 heterocycles. The molecule has 7 heteroatoms. The van der Waals surface area contributed by atoms with Crippen LogP contribution in [0.25, 0.3) is 0 Å². The predicted molar refractivity (Wildman–Crippen MR) is 90.9 cm³/mol. The van der Waals surface area contributed by atoms with Crippen molar-refractivity contribution in [3.05, 3.63) is 51.9 Å². The van der Waals surface area contributed by atoms with Crippen LogP contribution in [0.3, 0.4) is 0 Å². The van der Waals surface area contributed by atoms with E-state index in [9.17, 15) is 13.6 Å². The van der Waals surface area contributed by atoms with E-state index < -0.39 is 11.6 Å². The van der Waals surface area contributed by atoms with E-state index in [2.05, 4.69) is 30.7 Å². The van der Waals surface area contributed by atoms with Gasteiger partial charge in [-0.3, -0.25) is 4.57 Å². The Morgan fingerprint density at radius 1 is 1.28 bits per heavy atom. The quantitative estimate of drug-likeness (QED) is 0.851. The van der Waals surface area contributed by atoms with Crippen LogP contribution in [0.2, 0.25) is 0 Å². The lowest BCUT2D eigenvalue weighted by Gasteiger charge is -2.40. The number of nitrogens with zero attached hydrogens (tertiary/aromatic N) is 3. The lowest BCUT2D eigenvalue weighted by Crippen LogP contribution is -2.47. The first-order valence-electron chi connectivity index (χ1n) is 8.33. The Hall–Kier alpha value is -2.44. The molecule has 0 spiro atoms. The van der Waals surface area contributed by atoms with Crippen molar-refractivity contribution < 1.29 is 13.5 Å². The molecular formula is C18H21F2N3O2. The molecule has 0 saturated heterocycles.